The normalized spacial score (nSPS) is 28.8. The molecule has 1 saturated carbocycles. The third-order valence-corrected chi connectivity index (χ3v) is 3.15. The van der Waals surface area contributed by atoms with E-state index in [9.17, 15) is 0 Å². The minimum Gasteiger partial charge on any atom is -0.300 e. The van der Waals surface area contributed by atoms with Crippen LogP contribution in [0.5, 0.6) is 0 Å². The second-order valence-electron chi connectivity index (χ2n) is 4.13. The minimum absolute atomic E-state index is 1.01. The molecule has 0 amide bonds. The Bertz CT molecular complexity index is 137. The molecule has 0 aromatic carbocycles. The molecular weight excluding hydrogens is 150 g/mol. The summed E-state index contributed by atoms with van der Waals surface area (Å²) in [6.07, 6.45) is 4.38. The number of piperazine rings is 1. The van der Waals surface area contributed by atoms with E-state index in [-0.39, 0.29) is 0 Å². The summed E-state index contributed by atoms with van der Waals surface area (Å²) in [5.74, 6) is 6.69. The lowest BCUT2D eigenvalue weighted by atomic mass is 9.85. The standard InChI is InChI=1S/C9H19N3/c10-12-6-4-11(5-7-12)8-9-2-1-3-9/h9H,1-8,10H2. The van der Waals surface area contributed by atoms with Crippen molar-refractivity contribution in [2.75, 3.05) is 32.7 Å². The molecule has 3 nitrogen and oxygen atoms in total. The molecule has 1 aliphatic heterocycles. The molecule has 0 unspecified atom stereocenters. The van der Waals surface area contributed by atoms with E-state index in [0.29, 0.717) is 0 Å². The Hall–Kier alpha value is -0.120. The molecule has 0 atom stereocenters. The third-order valence-electron chi connectivity index (χ3n) is 3.15. The fraction of sp³-hybridized carbons (Fsp3) is 1.00. The molecule has 0 aromatic heterocycles. The number of nitrogens with zero attached hydrogens (tertiary/aromatic N) is 2. The van der Waals surface area contributed by atoms with E-state index in [0.717, 1.165) is 19.0 Å². The summed E-state index contributed by atoms with van der Waals surface area (Å²) in [6.45, 7) is 5.77. The van der Waals surface area contributed by atoms with Gasteiger partial charge in [-0.3, -0.25) is 5.84 Å². The second kappa shape index (κ2) is 3.73. The summed E-state index contributed by atoms with van der Waals surface area (Å²) in [6, 6.07) is 0. The fourth-order valence-electron chi connectivity index (χ4n) is 1.99. The van der Waals surface area contributed by atoms with Gasteiger partial charge in [0, 0.05) is 32.7 Å². The molecular formula is C9H19N3. The quantitative estimate of drug-likeness (QED) is 0.603. The summed E-state index contributed by atoms with van der Waals surface area (Å²) < 4.78 is 0. The van der Waals surface area contributed by atoms with Crippen LogP contribution in [0.4, 0.5) is 0 Å². The number of nitrogens with two attached hydrogens (primary N) is 1. The Morgan fingerprint density at radius 2 is 1.75 bits per heavy atom. The van der Waals surface area contributed by atoms with Gasteiger partial charge < -0.3 is 4.90 Å². The summed E-state index contributed by atoms with van der Waals surface area (Å²) in [4.78, 5) is 2.56. The number of hydrogen-bond acceptors (Lipinski definition) is 3. The SMILES string of the molecule is NN1CCN(CC2CCC2)CC1. The van der Waals surface area contributed by atoms with E-state index in [4.69, 9.17) is 5.84 Å². The molecule has 1 saturated heterocycles. The van der Waals surface area contributed by atoms with Gasteiger partial charge in [-0.05, 0) is 18.8 Å². The van der Waals surface area contributed by atoms with Crippen LogP contribution in [-0.2, 0) is 0 Å². The maximum atomic E-state index is 5.68. The summed E-state index contributed by atoms with van der Waals surface area (Å²) in [5.41, 5.74) is 0. The smallest absolute Gasteiger partial charge is 0.0257 e. The van der Waals surface area contributed by atoms with Crippen LogP contribution in [0.2, 0.25) is 0 Å². The summed E-state index contributed by atoms with van der Waals surface area (Å²) in [5, 5.41) is 1.93. The molecule has 70 valence electrons. The molecule has 2 aliphatic rings. The Morgan fingerprint density at radius 3 is 2.25 bits per heavy atom. The van der Waals surface area contributed by atoms with E-state index in [1.807, 2.05) is 5.01 Å². The van der Waals surface area contributed by atoms with Crippen molar-refractivity contribution < 1.29 is 0 Å². The molecule has 2 N–H and O–H groups in total. The van der Waals surface area contributed by atoms with Crippen molar-refractivity contribution in [2.45, 2.75) is 19.3 Å². The zero-order valence-corrected chi connectivity index (χ0v) is 7.71. The Morgan fingerprint density at radius 1 is 1.08 bits per heavy atom. The lowest BCUT2D eigenvalue weighted by Crippen LogP contribution is -2.50. The molecule has 0 spiro atoms. The van der Waals surface area contributed by atoms with Gasteiger partial charge in [0.05, 0.1) is 0 Å². The monoisotopic (exact) mass is 169 g/mol. The lowest BCUT2D eigenvalue weighted by Gasteiger charge is -2.36. The van der Waals surface area contributed by atoms with Gasteiger partial charge in [-0.25, -0.2) is 5.01 Å². The van der Waals surface area contributed by atoms with Crippen molar-refractivity contribution in [2.24, 2.45) is 11.8 Å². The Kier molecular flexibility index (Phi) is 2.63. The topological polar surface area (TPSA) is 32.5 Å². The van der Waals surface area contributed by atoms with Gasteiger partial charge in [0.15, 0.2) is 0 Å². The fourth-order valence-corrected chi connectivity index (χ4v) is 1.99. The van der Waals surface area contributed by atoms with Crippen LogP contribution in [0, 0.1) is 5.92 Å². The van der Waals surface area contributed by atoms with E-state index >= 15 is 0 Å². The van der Waals surface area contributed by atoms with Crippen molar-refractivity contribution in [3.05, 3.63) is 0 Å². The molecule has 12 heavy (non-hydrogen) atoms. The van der Waals surface area contributed by atoms with Crippen LogP contribution >= 0.6 is 0 Å². The highest BCUT2D eigenvalue weighted by molar-refractivity contribution is 4.76. The first-order chi connectivity index (χ1) is 5.84. The summed E-state index contributed by atoms with van der Waals surface area (Å²) in [7, 11) is 0. The molecule has 0 radical (unpaired) electrons. The van der Waals surface area contributed by atoms with E-state index in [2.05, 4.69) is 4.90 Å². The number of hydrogen-bond donors (Lipinski definition) is 1. The molecule has 0 aromatic rings. The summed E-state index contributed by atoms with van der Waals surface area (Å²) >= 11 is 0. The highest BCUT2D eigenvalue weighted by atomic mass is 15.4. The van der Waals surface area contributed by atoms with Crippen LogP contribution in [-0.4, -0.2) is 42.6 Å². The van der Waals surface area contributed by atoms with Crippen molar-refractivity contribution in [3.63, 3.8) is 0 Å². The first-order valence-corrected chi connectivity index (χ1v) is 5.06. The van der Waals surface area contributed by atoms with Crippen LogP contribution in [0.25, 0.3) is 0 Å². The predicted octanol–water partition coefficient (Wildman–Crippen LogP) is 0.278. The zero-order valence-electron chi connectivity index (χ0n) is 7.71. The molecule has 3 heteroatoms. The van der Waals surface area contributed by atoms with Crippen molar-refractivity contribution >= 4 is 0 Å². The van der Waals surface area contributed by atoms with Gasteiger partial charge in [0.1, 0.15) is 0 Å². The van der Waals surface area contributed by atoms with Crippen LogP contribution < -0.4 is 5.84 Å². The molecule has 2 fully saturated rings. The van der Waals surface area contributed by atoms with Gasteiger partial charge in [0.2, 0.25) is 0 Å². The highest BCUT2D eigenvalue weighted by Crippen LogP contribution is 2.27. The molecule has 2 rings (SSSR count). The molecule has 0 bridgehead atoms. The van der Waals surface area contributed by atoms with Gasteiger partial charge >= 0.3 is 0 Å². The average molecular weight is 169 g/mol. The molecule has 1 aliphatic carbocycles. The average Bonchev–Trinajstić information content (AvgIpc) is 2.00. The number of rotatable bonds is 2. The van der Waals surface area contributed by atoms with Gasteiger partial charge in [-0.1, -0.05) is 6.42 Å². The molecule has 1 heterocycles. The lowest BCUT2D eigenvalue weighted by molar-refractivity contribution is 0.101. The van der Waals surface area contributed by atoms with E-state index < -0.39 is 0 Å². The van der Waals surface area contributed by atoms with Crippen molar-refractivity contribution in [3.8, 4) is 0 Å². The third kappa shape index (κ3) is 1.97. The predicted molar refractivity (Wildman–Crippen MR) is 49.5 cm³/mol. The largest absolute Gasteiger partial charge is 0.300 e. The Labute approximate surface area is 74.5 Å². The first-order valence-electron chi connectivity index (χ1n) is 5.06. The second-order valence-corrected chi connectivity index (χ2v) is 4.13. The zero-order chi connectivity index (χ0) is 8.39. The van der Waals surface area contributed by atoms with Gasteiger partial charge in [0.25, 0.3) is 0 Å². The highest BCUT2D eigenvalue weighted by Gasteiger charge is 2.22. The van der Waals surface area contributed by atoms with Crippen molar-refractivity contribution in [1.29, 1.82) is 0 Å². The van der Waals surface area contributed by atoms with E-state index in [1.54, 1.807) is 0 Å². The maximum absolute atomic E-state index is 5.68. The first kappa shape index (κ1) is 8.48. The van der Waals surface area contributed by atoms with Crippen LogP contribution in [0.3, 0.4) is 0 Å². The van der Waals surface area contributed by atoms with Gasteiger partial charge in [-0.15, -0.1) is 0 Å². The minimum atomic E-state index is 1.01. The van der Waals surface area contributed by atoms with Crippen LogP contribution in [0.15, 0.2) is 0 Å². The van der Waals surface area contributed by atoms with Gasteiger partial charge in [-0.2, -0.15) is 0 Å². The number of hydrazine groups is 1. The van der Waals surface area contributed by atoms with E-state index in [1.165, 1.54) is 38.9 Å². The van der Waals surface area contributed by atoms with Crippen molar-refractivity contribution in [1.82, 2.24) is 9.91 Å². The van der Waals surface area contributed by atoms with Crippen LogP contribution in [0.1, 0.15) is 19.3 Å². The Balaban J connectivity index is 1.67. The maximum Gasteiger partial charge on any atom is 0.0257 e.